The zero-order valence-electron chi connectivity index (χ0n) is 17.9. The molecule has 156 valence electrons. The summed E-state index contributed by atoms with van der Waals surface area (Å²) in [5.74, 6) is 1.80. The van der Waals surface area contributed by atoms with Gasteiger partial charge in [-0.3, -0.25) is 0 Å². The van der Waals surface area contributed by atoms with Gasteiger partial charge in [0, 0.05) is 38.0 Å². The molecule has 2 aromatic carbocycles. The van der Waals surface area contributed by atoms with Gasteiger partial charge in [-0.2, -0.15) is 0 Å². The van der Waals surface area contributed by atoms with Crippen LogP contribution < -0.4 is 21.7 Å². The molecule has 4 rings (SSSR count). The molecular formula is C24H30N6. The number of benzene rings is 2. The summed E-state index contributed by atoms with van der Waals surface area (Å²) in [5.41, 5.74) is 10.0. The standard InChI is InChI=1S/C13H17N3.C11H13N3/c1-3-15-9-10-4-6-12-11(8-10)5-7-13(14-2)16-12;1-13-11-5-3-9-6-8(7-12)2-4-10(9)14-11/h4-8,15H,3,9H2,1-2H3,(H,14,16);2-6H,7,12H2,1H3,(H,13,14). The lowest BCUT2D eigenvalue weighted by Gasteiger charge is -2.05. The molecule has 0 atom stereocenters. The second-order valence-corrected chi connectivity index (χ2v) is 6.93. The smallest absolute Gasteiger partial charge is 0.126 e. The molecule has 2 aromatic heterocycles. The van der Waals surface area contributed by atoms with Gasteiger partial charge in [-0.05, 0) is 66.2 Å². The lowest BCUT2D eigenvalue weighted by molar-refractivity contribution is 0.727. The fraction of sp³-hybridized carbons (Fsp3) is 0.250. The molecule has 6 heteroatoms. The van der Waals surface area contributed by atoms with Crippen molar-refractivity contribution in [1.82, 2.24) is 15.3 Å². The van der Waals surface area contributed by atoms with Gasteiger partial charge >= 0.3 is 0 Å². The number of fused-ring (bicyclic) bond motifs is 2. The highest BCUT2D eigenvalue weighted by atomic mass is 15.0. The van der Waals surface area contributed by atoms with Crippen molar-refractivity contribution in [2.75, 3.05) is 31.3 Å². The van der Waals surface area contributed by atoms with E-state index in [1.54, 1.807) is 0 Å². The molecule has 5 N–H and O–H groups in total. The van der Waals surface area contributed by atoms with Crippen molar-refractivity contribution < 1.29 is 0 Å². The molecule has 0 fully saturated rings. The molecule has 2 heterocycles. The van der Waals surface area contributed by atoms with Crippen LogP contribution in [0.4, 0.5) is 11.6 Å². The summed E-state index contributed by atoms with van der Waals surface area (Å²) < 4.78 is 0. The van der Waals surface area contributed by atoms with Gasteiger partial charge < -0.3 is 21.7 Å². The van der Waals surface area contributed by atoms with Gasteiger partial charge in [-0.15, -0.1) is 0 Å². The largest absolute Gasteiger partial charge is 0.373 e. The highest BCUT2D eigenvalue weighted by Crippen LogP contribution is 2.17. The normalized spacial score (nSPS) is 10.5. The van der Waals surface area contributed by atoms with Gasteiger partial charge in [0.1, 0.15) is 11.6 Å². The number of nitrogens with one attached hydrogen (secondary N) is 3. The van der Waals surface area contributed by atoms with E-state index in [2.05, 4.69) is 63.2 Å². The minimum absolute atomic E-state index is 0.573. The highest BCUT2D eigenvalue weighted by Gasteiger charge is 1.99. The van der Waals surface area contributed by atoms with Crippen LogP contribution in [-0.4, -0.2) is 30.6 Å². The van der Waals surface area contributed by atoms with Gasteiger partial charge in [0.05, 0.1) is 11.0 Å². The van der Waals surface area contributed by atoms with E-state index in [9.17, 15) is 0 Å². The number of hydrogen-bond acceptors (Lipinski definition) is 6. The maximum Gasteiger partial charge on any atom is 0.126 e. The molecule has 6 nitrogen and oxygen atoms in total. The number of anilines is 2. The fourth-order valence-corrected chi connectivity index (χ4v) is 3.13. The minimum atomic E-state index is 0.573. The summed E-state index contributed by atoms with van der Waals surface area (Å²) >= 11 is 0. The molecular weight excluding hydrogens is 372 g/mol. The maximum atomic E-state index is 5.56. The Bertz CT molecular complexity index is 1070. The Labute approximate surface area is 177 Å². The van der Waals surface area contributed by atoms with Gasteiger partial charge in [0.25, 0.3) is 0 Å². The van der Waals surface area contributed by atoms with E-state index in [0.717, 1.165) is 46.7 Å². The topological polar surface area (TPSA) is 87.9 Å². The third-order valence-electron chi connectivity index (χ3n) is 4.83. The van der Waals surface area contributed by atoms with Gasteiger partial charge in [0.2, 0.25) is 0 Å². The van der Waals surface area contributed by atoms with E-state index in [-0.39, 0.29) is 0 Å². The number of rotatable bonds is 6. The molecule has 0 bridgehead atoms. The molecule has 0 saturated carbocycles. The molecule has 0 amide bonds. The zero-order valence-corrected chi connectivity index (χ0v) is 17.9. The van der Waals surface area contributed by atoms with Crippen LogP contribution in [0.5, 0.6) is 0 Å². The molecule has 0 saturated heterocycles. The molecule has 30 heavy (non-hydrogen) atoms. The number of aromatic nitrogens is 2. The first-order chi connectivity index (χ1) is 14.7. The lowest BCUT2D eigenvalue weighted by Crippen LogP contribution is -2.11. The van der Waals surface area contributed by atoms with Crippen LogP contribution in [0.25, 0.3) is 21.8 Å². The molecule has 0 unspecified atom stereocenters. The van der Waals surface area contributed by atoms with Gasteiger partial charge in [0.15, 0.2) is 0 Å². The Hall–Kier alpha value is -3.22. The second-order valence-electron chi connectivity index (χ2n) is 6.93. The molecule has 0 aliphatic carbocycles. The number of pyridine rings is 2. The summed E-state index contributed by atoms with van der Waals surface area (Å²) in [6.45, 7) is 4.60. The van der Waals surface area contributed by atoms with Crippen molar-refractivity contribution >= 4 is 33.4 Å². The van der Waals surface area contributed by atoms with E-state index in [1.807, 2.05) is 44.4 Å². The van der Waals surface area contributed by atoms with Crippen LogP contribution in [0.2, 0.25) is 0 Å². The van der Waals surface area contributed by atoms with Crippen LogP contribution >= 0.6 is 0 Å². The Morgan fingerprint density at radius 1 is 0.733 bits per heavy atom. The van der Waals surface area contributed by atoms with E-state index in [1.165, 1.54) is 10.9 Å². The summed E-state index contributed by atoms with van der Waals surface area (Å²) in [5, 5.41) is 11.7. The Morgan fingerprint density at radius 2 is 1.27 bits per heavy atom. The first-order valence-electron chi connectivity index (χ1n) is 10.2. The molecule has 0 radical (unpaired) electrons. The Kier molecular flexibility index (Phi) is 7.54. The van der Waals surface area contributed by atoms with E-state index in [0.29, 0.717) is 6.54 Å². The summed E-state index contributed by atoms with van der Waals surface area (Å²) in [6.07, 6.45) is 0. The first kappa shape index (κ1) is 21.5. The van der Waals surface area contributed by atoms with Crippen LogP contribution in [-0.2, 0) is 13.1 Å². The quantitative estimate of drug-likeness (QED) is 0.388. The number of hydrogen-bond donors (Lipinski definition) is 4. The van der Waals surface area contributed by atoms with Crippen molar-refractivity contribution in [2.45, 2.75) is 20.0 Å². The Morgan fingerprint density at radius 3 is 1.77 bits per heavy atom. The molecule has 0 aliphatic heterocycles. The highest BCUT2D eigenvalue weighted by molar-refractivity contribution is 5.81. The minimum Gasteiger partial charge on any atom is -0.373 e. The second kappa shape index (κ2) is 10.5. The maximum absolute atomic E-state index is 5.56. The van der Waals surface area contributed by atoms with Gasteiger partial charge in [-0.25, -0.2) is 9.97 Å². The first-order valence-corrected chi connectivity index (χ1v) is 10.2. The molecule has 0 aliphatic rings. The summed E-state index contributed by atoms with van der Waals surface area (Å²) in [7, 11) is 3.75. The average Bonchev–Trinajstić information content (AvgIpc) is 2.81. The van der Waals surface area contributed by atoms with Crippen LogP contribution in [0, 0.1) is 0 Å². The van der Waals surface area contributed by atoms with E-state index in [4.69, 9.17) is 5.73 Å². The van der Waals surface area contributed by atoms with E-state index >= 15 is 0 Å². The Balaban J connectivity index is 0.000000172. The van der Waals surface area contributed by atoms with Crippen molar-refractivity contribution in [2.24, 2.45) is 5.73 Å². The van der Waals surface area contributed by atoms with Crippen LogP contribution in [0.3, 0.4) is 0 Å². The molecule has 4 aromatic rings. The SMILES string of the molecule is CCNCc1ccc2nc(NC)ccc2c1.CNc1ccc2cc(CN)ccc2n1. The summed E-state index contributed by atoms with van der Waals surface area (Å²) in [6, 6.07) is 20.6. The van der Waals surface area contributed by atoms with Crippen LogP contribution in [0.1, 0.15) is 18.1 Å². The number of nitrogens with zero attached hydrogens (tertiary/aromatic N) is 2. The van der Waals surface area contributed by atoms with Crippen molar-refractivity contribution in [1.29, 1.82) is 0 Å². The predicted molar refractivity (Wildman–Crippen MR) is 128 cm³/mol. The summed E-state index contributed by atoms with van der Waals surface area (Å²) in [4.78, 5) is 8.90. The van der Waals surface area contributed by atoms with Crippen molar-refractivity contribution in [3.8, 4) is 0 Å². The van der Waals surface area contributed by atoms with Crippen molar-refractivity contribution in [3.63, 3.8) is 0 Å². The predicted octanol–water partition coefficient (Wildman–Crippen LogP) is 4.12. The monoisotopic (exact) mass is 402 g/mol. The third-order valence-corrected chi connectivity index (χ3v) is 4.83. The third kappa shape index (κ3) is 5.43. The molecule has 0 spiro atoms. The lowest BCUT2D eigenvalue weighted by atomic mass is 10.1. The average molecular weight is 403 g/mol. The van der Waals surface area contributed by atoms with E-state index < -0.39 is 0 Å². The van der Waals surface area contributed by atoms with Crippen molar-refractivity contribution in [3.05, 3.63) is 71.8 Å². The van der Waals surface area contributed by atoms with Crippen LogP contribution in [0.15, 0.2) is 60.7 Å². The number of nitrogens with two attached hydrogens (primary N) is 1. The van der Waals surface area contributed by atoms with Gasteiger partial charge in [-0.1, -0.05) is 19.1 Å². The fourth-order valence-electron chi connectivity index (χ4n) is 3.13. The zero-order chi connectivity index (χ0) is 21.3.